The first kappa shape index (κ1) is 19.7. The summed E-state index contributed by atoms with van der Waals surface area (Å²) in [7, 11) is 0. The molecule has 5 heteroatoms. The van der Waals surface area contributed by atoms with Gasteiger partial charge in [-0.05, 0) is 40.5 Å². The van der Waals surface area contributed by atoms with Crippen LogP contribution in [0.2, 0.25) is 0 Å². The monoisotopic (exact) mass is 300 g/mol. The number of hydrogen-bond acceptors (Lipinski definition) is 3. The van der Waals surface area contributed by atoms with Gasteiger partial charge in [-0.2, -0.15) is 0 Å². The number of amides is 2. The fourth-order valence-electron chi connectivity index (χ4n) is 1.99. The molecule has 0 aromatic rings. The molecule has 0 aromatic heterocycles. The van der Waals surface area contributed by atoms with E-state index in [2.05, 4.69) is 24.5 Å². The summed E-state index contributed by atoms with van der Waals surface area (Å²) in [4.78, 5) is 23.6. The van der Waals surface area contributed by atoms with E-state index in [0.717, 1.165) is 12.8 Å². The van der Waals surface area contributed by atoms with Gasteiger partial charge < -0.3 is 15.4 Å². The molecule has 0 saturated carbocycles. The summed E-state index contributed by atoms with van der Waals surface area (Å²) in [6, 6.07) is 0. The van der Waals surface area contributed by atoms with Gasteiger partial charge in [0.2, 0.25) is 5.91 Å². The Balaban J connectivity index is 4.19. The molecule has 0 aliphatic carbocycles. The number of rotatable bonds is 7. The average molecular weight is 300 g/mol. The Hall–Kier alpha value is -1.26. The number of nitrogens with one attached hydrogen (secondary N) is 2. The fourth-order valence-corrected chi connectivity index (χ4v) is 1.99. The maximum atomic E-state index is 12.0. The quantitative estimate of drug-likeness (QED) is 0.758. The van der Waals surface area contributed by atoms with Crippen LogP contribution in [0.15, 0.2) is 0 Å². The molecule has 0 heterocycles. The zero-order valence-corrected chi connectivity index (χ0v) is 14.6. The summed E-state index contributed by atoms with van der Waals surface area (Å²) in [5.41, 5.74) is -1.02. The van der Waals surface area contributed by atoms with Gasteiger partial charge in [0.15, 0.2) is 0 Å². The van der Waals surface area contributed by atoms with Crippen LogP contribution in [-0.2, 0) is 9.53 Å². The lowest BCUT2D eigenvalue weighted by Crippen LogP contribution is -2.52. The number of carbonyl (C=O) groups excluding carboxylic acids is 2. The summed E-state index contributed by atoms with van der Waals surface area (Å²) in [5, 5.41) is 5.64. The van der Waals surface area contributed by atoms with Crippen molar-refractivity contribution in [3.8, 4) is 0 Å². The predicted octanol–water partition coefficient (Wildman–Crippen LogP) is 3.23. The highest BCUT2D eigenvalue weighted by atomic mass is 16.6. The van der Waals surface area contributed by atoms with Gasteiger partial charge in [-0.1, -0.05) is 26.7 Å². The highest BCUT2D eigenvalue weighted by Crippen LogP contribution is 2.11. The van der Waals surface area contributed by atoms with E-state index in [0.29, 0.717) is 18.9 Å². The molecule has 0 aliphatic heterocycles. The van der Waals surface area contributed by atoms with Crippen LogP contribution in [0.3, 0.4) is 0 Å². The van der Waals surface area contributed by atoms with E-state index in [-0.39, 0.29) is 5.91 Å². The maximum absolute atomic E-state index is 12.0. The molecule has 21 heavy (non-hydrogen) atoms. The third kappa shape index (κ3) is 11.1. The summed E-state index contributed by atoms with van der Waals surface area (Å²) in [5.74, 6) is 0.400. The van der Waals surface area contributed by atoms with Crippen molar-refractivity contribution in [3.63, 3.8) is 0 Å². The molecule has 0 fully saturated rings. The van der Waals surface area contributed by atoms with Crippen LogP contribution in [0, 0.1) is 5.92 Å². The molecule has 2 amide bonds. The lowest BCUT2D eigenvalue weighted by molar-refractivity contribution is -0.123. The van der Waals surface area contributed by atoms with Crippen molar-refractivity contribution in [1.82, 2.24) is 10.6 Å². The zero-order valence-electron chi connectivity index (χ0n) is 14.6. The number of alkyl carbamates (subject to hydrolysis) is 1. The normalized spacial score (nSPS) is 13.5. The van der Waals surface area contributed by atoms with E-state index in [9.17, 15) is 9.59 Å². The molecular formula is C16H32N2O3. The Labute approximate surface area is 129 Å². The Morgan fingerprint density at radius 1 is 1.14 bits per heavy atom. The first-order valence-corrected chi connectivity index (χ1v) is 7.73. The lowest BCUT2D eigenvalue weighted by Gasteiger charge is -2.28. The van der Waals surface area contributed by atoms with Gasteiger partial charge in [0.1, 0.15) is 5.60 Å². The van der Waals surface area contributed by atoms with Crippen molar-refractivity contribution in [2.45, 2.75) is 78.9 Å². The third-order valence-electron chi connectivity index (χ3n) is 2.87. The molecule has 0 radical (unpaired) electrons. The fraction of sp³-hybridized carbons (Fsp3) is 0.875. The average Bonchev–Trinajstić information content (AvgIpc) is 2.23. The first-order chi connectivity index (χ1) is 9.45. The molecular weight excluding hydrogens is 268 g/mol. The molecule has 0 aliphatic rings. The molecule has 0 aromatic carbocycles. The van der Waals surface area contributed by atoms with Crippen LogP contribution in [-0.4, -0.2) is 29.7 Å². The smallest absolute Gasteiger partial charge is 0.407 e. The summed E-state index contributed by atoms with van der Waals surface area (Å²) < 4.78 is 5.17. The van der Waals surface area contributed by atoms with E-state index in [1.54, 1.807) is 0 Å². The minimum atomic E-state index is -0.521. The van der Waals surface area contributed by atoms with Crippen molar-refractivity contribution in [2.24, 2.45) is 5.92 Å². The van der Waals surface area contributed by atoms with Gasteiger partial charge in [0.05, 0.1) is 5.54 Å². The van der Waals surface area contributed by atoms with Crippen molar-refractivity contribution < 1.29 is 14.3 Å². The van der Waals surface area contributed by atoms with Gasteiger partial charge in [-0.15, -0.1) is 0 Å². The lowest BCUT2D eigenvalue weighted by atomic mass is 10.00. The molecule has 0 rings (SSSR count). The molecule has 1 atom stereocenters. The largest absolute Gasteiger partial charge is 0.444 e. The Morgan fingerprint density at radius 3 is 2.19 bits per heavy atom. The highest BCUT2D eigenvalue weighted by Gasteiger charge is 2.23. The molecule has 0 bridgehead atoms. The summed E-state index contributed by atoms with van der Waals surface area (Å²) in [6.07, 6.45) is 2.18. The SMILES string of the molecule is CCCC(C)CC(=O)NC(C)(C)CNC(=O)OC(C)(C)C. The molecule has 2 N–H and O–H groups in total. The minimum Gasteiger partial charge on any atom is -0.444 e. The van der Waals surface area contributed by atoms with Gasteiger partial charge in [-0.25, -0.2) is 4.79 Å². The third-order valence-corrected chi connectivity index (χ3v) is 2.87. The molecule has 1 unspecified atom stereocenters. The second kappa shape index (κ2) is 8.25. The van der Waals surface area contributed by atoms with E-state index < -0.39 is 17.2 Å². The van der Waals surface area contributed by atoms with Crippen LogP contribution in [0.25, 0.3) is 0 Å². The first-order valence-electron chi connectivity index (χ1n) is 7.73. The predicted molar refractivity (Wildman–Crippen MR) is 85.1 cm³/mol. The van der Waals surface area contributed by atoms with E-state index in [4.69, 9.17) is 4.74 Å². The van der Waals surface area contributed by atoms with Crippen molar-refractivity contribution in [1.29, 1.82) is 0 Å². The maximum Gasteiger partial charge on any atom is 0.407 e. The number of ether oxygens (including phenoxy) is 1. The van der Waals surface area contributed by atoms with Gasteiger partial charge in [0, 0.05) is 13.0 Å². The minimum absolute atomic E-state index is 0.0203. The Kier molecular flexibility index (Phi) is 7.75. The van der Waals surface area contributed by atoms with Gasteiger partial charge in [0.25, 0.3) is 0 Å². The zero-order chi connectivity index (χ0) is 16.7. The van der Waals surface area contributed by atoms with Crippen molar-refractivity contribution in [2.75, 3.05) is 6.54 Å². The number of hydrogen-bond donors (Lipinski definition) is 2. The topological polar surface area (TPSA) is 67.4 Å². The summed E-state index contributed by atoms with van der Waals surface area (Å²) in [6.45, 7) is 13.7. The number of carbonyl (C=O) groups is 2. The molecule has 0 spiro atoms. The summed E-state index contributed by atoms with van der Waals surface area (Å²) >= 11 is 0. The van der Waals surface area contributed by atoms with E-state index in [1.165, 1.54) is 0 Å². The van der Waals surface area contributed by atoms with Crippen molar-refractivity contribution in [3.05, 3.63) is 0 Å². The second-order valence-electron chi connectivity index (χ2n) is 7.39. The Bertz CT molecular complexity index is 346. The van der Waals surface area contributed by atoms with Crippen LogP contribution < -0.4 is 10.6 Å². The van der Waals surface area contributed by atoms with Crippen LogP contribution in [0.5, 0.6) is 0 Å². The van der Waals surface area contributed by atoms with Crippen LogP contribution in [0.4, 0.5) is 4.79 Å². The van der Waals surface area contributed by atoms with Crippen LogP contribution >= 0.6 is 0 Å². The molecule has 124 valence electrons. The van der Waals surface area contributed by atoms with E-state index >= 15 is 0 Å². The highest BCUT2D eigenvalue weighted by molar-refractivity contribution is 5.77. The second-order valence-corrected chi connectivity index (χ2v) is 7.39. The van der Waals surface area contributed by atoms with Crippen molar-refractivity contribution >= 4 is 12.0 Å². The Morgan fingerprint density at radius 2 is 1.71 bits per heavy atom. The van der Waals surface area contributed by atoms with E-state index in [1.807, 2.05) is 34.6 Å². The molecule has 5 nitrogen and oxygen atoms in total. The standard InChI is InChI=1S/C16H32N2O3/c1-8-9-12(2)10-13(19)18-16(6,7)11-17-14(20)21-15(3,4)5/h12H,8-11H2,1-7H3,(H,17,20)(H,18,19). The van der Waals surface area contributed by atoms with Crippen LogP contribution in [0.1, 0.15) is 67.7 Å². The van der Waals surface area contributed by atoms with Gasteiger partial charge in [-0.3, -0.25) is 4.79 Å². The molecule has 0 saturated heterocycles. The van der Waals surface area contributed by atoms with Gasteiger partial charge >= 0.3 is 6.09 Å².